The monoisotopic (exact) mass is 380 g/mol. The molecule has 28 heavy (non-hydrogen) atoms. The van der Waals surface area contributed by atoms with E-state index in [2.05, 4.69) is 33.4 Å². The lowest BCUT2D eigenvalue weighted by Gasteiger charge is -2.26. The van der Waals surface area contributed by atoms with Crippen molar-refractivity contribution in [1.29, 1.82) is 5.26 Å². The number of hydrogen-bond donors (Lipinski definition) is 1. The van der Waals surface area contributed by atoms with Gasteiger partial charge >= 0.3 is 0 Å². The SMILES string of the molecule is Cc1ccc(C#N)c(O[C@H](CCNCCN2CCOCC2)c2ccccc2)n1. The molecule has 0 amide bonds. The summed E-state index contributed by atoms with van der Waals surface area (Å²) in [6, 6.07) is 15.9. The minimum atomic E-state index is -0.154. The lowest BCUT2D eigenvalue weighted by molar-refractivity contribution is 0.0383. The van der Waals surface area contributed by atoms with Crippen LogP contribution in [0.1, 0.15) is 29.3 Å². The summed E-state index contributed by atoms with van der Waals surface area (Å²) in [6.45, 7) is 8.37. The number of nitriles is 1. The van der Waals surface area contributed by atoms with Crippen LogP contribution in [0.25, 0.3) is 0 Å². The third-order valence-electron chi connectivity index (χ3n) is 4.84. The smallest absolute Gasteiger partial charge is 0.232 e. The van der Waals surface area contributed by atoms with Gasteiger partial charge in [0.25, 0.3) is 0 Å². The molecule has 0 aliphatic carbocycles. The first-order valence-corrected chi connectivity index (χ1v) is 9.86. The predicted octanol–water partition coefficient (Wildman–Crippen LogP) is 2.69. The van der Waals surface area contributed by atoms with Crippen LogP contribution in [-0.4, -0.2) is 55.8 Å². The Morgan fingerprint density at radius 2 is 1.96 bits per heavy atom. The molecule has 2 aromatic rings. The molecule has 0 unspecified atom stereocenters. The van der Waals surface area contributed by atoms with Gasteiger partial charge in [-0.15, -0.1) is 0 Å². The lowest BCUT2D eigenvalue weighted by Crippen LogP contribution is -2.40. The van der Waals surface area contributed by atoms with E-state index in [1.54, 1.807) is 6.07 Å². The third-order valence-corrected chi connectivity index (χ3v) is 4.84. The van der Waals surface area contributed by atoms with Crippen molar-refractivity contribution in [2.45, 2.75) is 19.4 Å². The van der Waals surface area contributed by atoms with Crippen LogP contribution in [0.2, 0.25) is 0 Å². The van der Waals surface area contributed by atoms with E-state index in [0.29, 0.717) is 11.4 Å². The Bertz CT molecular complexity index is 770. The summed E-state index contributed by atoms with van der Waals surface area (Å²) in [4.78, 5) is 6.85. The van der Waals surface area contributed by atoms with Crippen molar-refractivity contribution < 1.29 is 9.47 Å². The second kappa shape index (κ2) is 10.8. The number of aryl methyl sites for hydroxylation is 1. The summed E-state index contributed by atoms with van der Waals surface area (Å²) in [5.41, 5.74) is 2.39. The highest BCUT2D eigenvalue weighted by molar-refractivity contribution is 5.39. The first-order valence-electron chi connectivity index (χ1n) is 9.86. The van der Waals surface area contributed by atoms with Crippen molar-refractivity contribution in [1.82, 2.24) is 15.2 Å². The molecule has 0 radical (unpaired) electrons. The number of rotatable bonds is 9. The Balaban J connectivity index is 1.57. The van der Waals surface area contributed by atoms with Crippen LogP contribution in [0.15, 0.2) is 42.5 Å². The van der Waals surface area contributed by atoms with Crippen LogP contribution in [0.3, 0.4) is 0 Å². The fourth-order valence-electron chi connectivity index (χ4n) is 3.22. The highest BCUT2D eigenvalue weighted by Gasteiger charge is 2.17. The van der Waals surface area contributed by atoms with Crippen molar-refractivity contribution in [2.24, 2.45) is 0 Å². The molecule has 0 spiro atoms. The number of ether oxygens (including phenoxy) is 2. The minimum absolute atomic E-state index is 0.154. The van der Waals surface area contributed by atoms with Gasteiger partial charge in [0, 0.05) is 38.3 Å². The van der Waals surface area contributed by atoms with Gasteiger partial charge in [-0.05, 0) is 31.2 Å². The predicted molar refractivity (Wildman–Crippen MR) is 108 cm³/mol. The molecular weight excluding hydrogens is 352 g/mol. The second-order valence-corrected chi connectivity index (χ2v) is 6.93. The second-order valence-electron chi connectivity index (χ2n) is 6.93. The van der Waals surface area contributed by atoms with Crippen molar-refractivity contribution in [3.63, 3.8) is 0 Å². The summed E-state index contributed by atoms with van der Waals surface area (Å²) in [5.74, 6) is 0.407. The fraction of sp³-hybridized carbons (Fsp3) is 0.455. The Hall–Kier alpha value is -2.46. The Morgan fingerprint density at radius 1 is 1.18 bits per heavy atom. The molecule has 148 valence electrons. The largest absolute Gasteiger partial charge is 0.468 e. The molecule has 3 rings (SSSR count). The molecule has 1 aliphatic heterocycles. The summed E-state index contributed by atoms with van der Waals surface area (Å²) in [7, 11) is 0. The van der Waals surface area contributed by atoms with Gasteiger partial charge in [0.15, 0.2) is 0 Å². The normalized spacial score (nSPS) is 15.7. The third kappa shape index (κ3) is 6.03. The zero-order chi connectivity index (χ0) is 19.6. The number of nitrogens with zero attached hydrogens (tertiary/aromatic N) is 3. The molecule has 1 N–H and O–H groups in total. The average molecular weight is 380 g/mol. The van der Waals surface area contributed by atoms with Gasteiger partial charge in [0.05, 0.1) is 13.2 Å². The van der Waals surface area contributed by atoms with Crippen molar-refractivity contribution in [2.75, 3.05) is 45.9 Å². The van der Waals surface area contributed by atoms with Crippen LogP contribution in [0, 0.1) is 18.3 Å². The van der Waals surface area contributed by atoms with E-state index in [1.165, 1.54) is 0 Å². The highest BCUT2D eigenvalue weighted by atomic mass is 16.5. The maximum Gasteiger partial charge on any atom is 0.232 e. The van der Waals surface area contributed by atoms with Gasteiger partial charge in [-0.2, -0.15) is 5.26 Å². The summed E-state index contributed by atoms with van der Waals surface area (Å²) in [6.07, 6.45) is 0.645. The number of pyridine rings is 1. The standard InChI is InChI=1S/C22H28N4O2/c1-18-7-8-20(17-23)22(25-18)28-21(19-5-3-2-4-6-19)9-10-24-11-12-26-13-15-27-16-14-26/h2-8,21,24H,9-16H2,1H3/t21-/m1/s1. The molecule has 1 saturated heterocycles. The fourth-order valence-corrected chi connectivity index (χ4v) is 3.22. The highest BCUT2D eigenvalue weighted by Crippen LogP contribution is 2.26. The summed E-state index contributed by atoms with van der Waals surface area (Å²) >= 11 is 0. The molecule has 1 aromatic heterocycles. The van der Waals surface area contributed by atoms with Gasteiger partial charge in [0.1, 0.15) is 17.7 Å². The van der Waals surface area contributed by atoms with E-state index in [9.17, 15) is 5.26 Å². The van der Waals surface area contributed by atoms with E-state index in [-0.39, 0.29) is 6.10 Å². The number of aromatic nitrogens is 1. The molecule has 1 aromatic carbocycles. The minimum Gasteiger partial charge on any atom is -0.468 e. The quantitative estimate of drug-likeness (QED) is 0.675. The molecule has 1 aliphatic rings. The maximum atomic E-state index is 9.37. The van der Waals surface area contributed by atoms with E-state index >= 15 is 0 Å². The topological polar surface area (TPSA) is 70.4 Å². The number of hydrogen-bond acceptors (Lipinski definition) is 6. The van der Waals surface area contributed by atoms with E-state index in [0.717, 1.165) is 63.6 Å². The number of nitrogens with one attached hydrogen (secondary N) is 1. The van der Waals surface area contributed by atoms with Crippen LogP contribution >= 0.6 is 0 Å². The number of benzene rings is 1. The van der Waals surface area contributed by atoms with Crippen LogP contribution in [0.4, 0.5) is 0 Å². The molecule has 6 nitrogen and oxygen atoms in total. The maximum absolute atomic E-state index is 9.37. The average Bonchev–Trinajstić information content (AvgIpc) is 2.74. The van der Waals surface area contributed by atoms with Crippen LogP contribution in [-0.2, 0) is 4.74 Å². The molecular formula is C22H28N4O2. The van der Waals surface area contributed by atoms with Gasteiger partial charge in [-0.1, -0.05) is 30.3 Å². The van der Waals surface area contributed by atoms with Gasteiger partial charge in [-0.25, -0.2) is 4.98 Å². The molecule has 0 saturated carbocycles. The molecule has 0 bridgehead atoms. The zero-order valence-corrected chi connectivity index (χ0v) is 16.4. The number of morpholine rings is 1. The van der Waals surface area contributed by atoms with Crippen LogP contribution in [0.5, 0.6) is 5.88 Å². The zero-order valence-electron chi connectivity index (χ0n) is 16.4. The van der Waals surface area contributed by atoms with E-state index in [4.69, 9.17) is 9.47 Å². The van der Waals surface area contributed by atoms with Gasteiger partial charge < -0.3 is 14.8 Å². The molecule has 2 heterocycles. The van der Waals surface area contributed by atoms with Crippen molar-refractivity contribution >= 4 is 0 Å². The molecule has 1 atom stereocenters. The molecule has 6 heteroatoms. The van der Waals surface area contributed by atoms with Crippen molar-refractivity contribution in [3.8, 4) is 11.9 Å². The lowest BCUT2D eigenvalue weighted by atomic mass is 10.1. The summed E-state index contributed by atoms with van der Waals surface area (Å²) in [5, 5.41) is 12.9. The Labute approximate surface area is 167 Å². The van der Waals surface area contributed by atoms with Crippen molar-refractivity contribution in [3.05, 3.63) is 59.3 Å². The Morgan fingerprint density at radius 3 is 2.71 bits per heavy atom. The van der Waals surface area contributed by atoms with Gasteiger partial charge in [-0.3, -0.25) is 4.90 Å². The van der Waals surface area contributed by atoms with Gasteiger partial charge in [0.2, 0.25) is 5.88 Å². The first-order chi connectivity index (χ1) is 13.8. The van der Waals surface area contributed by atoms with E-state index < -0.39 is 0 Å². The first kappa shape index (κ1) is 20.3. The summed E-state index contributed by atoms with van der Waals surface area (Å²) < 4.78 is 11.6. The van der Waals surface area contributed by atoms with E-state index in [1.807, 2.05) is 31.2 Å². The van der Waals surface area contributed by atoms with Crippen LogP contribution < -0.4 is 10.1 Å². The Kier molecular flexibility index (Phi) is 7.80. The molecule has 1 fully saturated rings.